The van der Waals surface area contributed by atoms with Crippen LogP contribution in [-0.2, 0) is 22.8 Å². The zero-order chi connectivity index (χ0) is 37.6. The molecule has 1 saturated heterocycles. The van der Waals surface area contributed by atoms with E-state index in [1.807, 2.05) is 32.7 Å². The van der Waals surface area contributed by atoms with Gasteiger partial charge in [-0.05, 0) is 69.8 Å². The summed E-state index contributed by atoms with van der Waals surface area (Å²) >= 11 is 0. The molecule has 16 heteroatoms. The molecular weight excluding hydrogens is 655 g/mol. The van der Waals surface area contributed by atoms with Crippen molar-refractivity contribution in [1.82, 2.24) is 35.4 Å². The van der Waals surface area contributed by atoms with Gasteiger partial charge in [0.1, 0.15) is 12.2 Å². The number of nitrogens with one attached hydrogen (secondary N) is 3. The summed E-state index contributed by atoms with van der Waals surface area (Å²) in [4.78, 5) is 40.9. The molecule has 1 aromatic carbocycles. The van der Waals surface area contributed by atoms with Gasteiger partial charge in [-0.3, -0.25) is 19.1 Å². The van der Waals surface area contributed by atoms with Gasteiger partial charge in [0.2, 0.25) is 5.91 Å². The third-order valence-electron chi connectivity index (χ3n) is 8.48. The zero-order valence-electron chi connectivity index (χ0n) is 30.2. The van der Waals surface area contributed by atoms with E-state index in [2.05, 4.69) is 38.0 Å². The molecule has 0 bridgehead atoms. The van der Waals surface area contributed by atoms with Gasteiger partial charge in [-0.1, -0.05) is 27.2 Å². The molecule has 1 aliphatic carbocycles. The van der Waals surface area contributed by atoms with Crippen LogP contribution in [0.3, 0.4) is 0 Å². The number of piperazine rings is 1. The number of hydrazine groups is 1. The average molecular weight is 708 g/mol. The van der Waals surface area contributed by atoms with Gasteiger partial charge in [0.25, 0.3) is 5.91 Å². The van der Waals surface area contributed by atoms with E-state index in [1.54, 1.807) is 14.0 Å². The Labute approximate surface area is 292 Å². The highest BCUT2D eigenvalue weighted by atomic mass is 19.4. The summed E-state index contributed by atoms with van der Waals surface area (Å²) in [7, 11) is 3.69. The molecule has 278 valence electrons. The van der Waals surface area contributed by atoms with Crippen LogP contribution in [-0.4, -0.2) is 101 Å². The summed E-state index contributed by atoms with van der Waals surface area (Å²) in [5.74, 6) is -0.483. The minimum Gasteiger partial charge on any atom is -0.504 e. The van der Waals surface area contributed by atoms with Crippen LogP contribution in [0.1, 0.15) is 73.8 Å². The van der Waals surface area contributed by atoms with Gasteiger partial charge in [-0.15, -0.1) is 0 Å². The second-order valence-corrected chi connectivity index (χ2v) is 11.9. The lowest BCUT2D eigenvalue weighted by Gasteiger charge is -2.37. The number of allylic oxidation sites excluding steroid dienone is 1. The molecule has 4 N–H and O–H groups in total. The van der Waals surface area contributed by atoms with Crippen LogP contribution in [0, 0.1) is 19.8 Å². The van der Waals surface area contributed by atoms with Crippen LogP contribution >= 0.6 is 0 Å². The molecule has 2 amide bonds. The first kappa shape index (κ1) is 41.7. The minimum absolute atomic E-state index is 0.0301. The lowest BCUT2D eigenvalue weighted by Crippen LogP contribution is -2.49. The monoisotopic (exact) mass is 707 g/mol. The van der Waals surface area contributed by atoms with Gasteiger partial charge in [-0.2, -0.15) is 23.4 Å². The van der Waals surface area contributed by atoms with Gasteiger partial charge in [0.05, 0.1) is 17.0 Å². The fraction of sp³-hybridized carbons (Fsp3) is 0.559. The predicted octanol–water partition coefficient (Wildman–Crippen LogP) is 4.43. The number of nitrogens with zero attached hydrogens (tertiary/aromatic N) is 6. The molecule has 2 aliphatic rings. The van der Waals surface area contributed by atoms with E-state index in [4.69, 9.17) is 5.11 Å². The smallest absolute Gasteiger partial charge is 0.416 e. The van der Waals surface area contributed by atoms with Crippen molar-refractivity contribution >= 4 is 30.5 Å². The van der Waals surface area contributed by atoms with Crippen molar-refractivity contribution in [2.45, 2.75) is 66.5 Å². The van der Waals surface area contributed by atoms with Crippen molar-refractivity contribution in [3.05, 3.63) is 52.1 Å². The van der Waals surface area contributed by atoms with Crippen LogP contribution in [0.15, 0.2) is 34.7 Å². The Morgan fingerprint density at radius 1 is 1.14 bits per heavy atom. The van der Waals surface area contributed by atoms with Crippen molar-refractivity contribution in [3.8, 4) is 5.75 Å². The van der Waals surface area contributed by atoms with E-state index in [-0.39, 0.29) is 22.7 Å². The quantitative estimate of drug-likeness (QED) is 0.109. The highest BCUT2D eigenvalue weighted by Crippen LogP contribution is 2.31. The molecule has 4 rings (SSSR count). The van der Waals surface area contributed by atoms with Crippen LogP contribution in [0.5, 0.6) is 5.75 Å². The van der Waals surface area contributed by atoms with Gasteiger partial charge in [0, 0.05) is 52.2 Å². The van der Waals surface area contributed by atoms with Crippen LogP contribution in [0.2, 0.25) is 0 Å². The average Bonchev–Trinajstić information content (AvgIpc) is 3.32. The first-order valence-corrected chi connectivity index (χ1v) is 16.8. The fourth-order valence-electron chi connectivity index (χ4n) is 5.12. The predicted molar refractivity (Wildman–Crippen MR) is 187 cm³/mol. The van der Waals surface area contributed by atoms with E-state index in [1.165, 1.54) is 36.9 Å². The third kappa shape index (κ3) is 11.6. The number of hydrogen-bond donors (Lipinski definition) is 4. The first-order valence-electron chi connectivity index (χ1n) is 16.8. The number of aromatic nitrogens is 2. The standard InChI is InChI=1S/C26H38F3N7O2.C6H8N2O2.C2H6/c1-5-21(33-31-16-19-7-6-8-19)24(35-13-11-34(4)12-14-35)25(38)36(30-3)17-23(37)32-22-10-9-20(15-18(22)2)26(27,28)29;1-4-6(10)5(3-9)7-8(4)2;1-2/h9-10,15,19,31,33H,3,5-8,11-14,16-17H2,1-2,4H3,(H,32,37);3,10H,1-2H3;1-2H3/b24-21+;;. The normalized spacial score (nSPS) is 15.3. The molecule has 0 atom stereocenters. The summed E-state index contributed by atoms with van der Waals surface area (Å²) in [6.07, 6.45) is 0.210. The number of halogens is 3. The van der Waals surface area contributed by atoms with Crippen molar-refractivity contribution in [2.75, 3.05) is 51.6 Å². The van der Waals surface area contributed by atoms with E-state index in [9.17, 15) is 27.6 Å². The Hall–Kier alpha value is -4.44. The van der Waals surface area contributed by atoms with Gasteiger partial charge in [0.15, 0.2) is 17.7 Å². The van der Waals surface area contributed by atoms with Crippen LogP contribution in [0.4, 0.5) is 18.9 Å². The lowest BCUT2D eigenvalue weighted by molar-refractivity contribution is -0.137. The number of carbonyl (C=O) groups is 3. The van der Waals surface area contributed by atoms with Crippen molar-refractivity contribution in [2.24, 2.45) is 18.1 Å². The number of aldehydes is 1. The summed E-state index contributed by atoms with van der Waals surface area (Å²) in [5.41, 5.74) is 7.98. The van der Waals surface area contributed by atoms with Gasteiger partial charge in [-0.25, -0.2) is 10.4 Å². The first-order chi connectivity index (χ1) is 23.7. The van der Waals surface area contributed by atoms with Crippen molar-refractivity contribution in [1.29, 1.82) is 0 Å². The summed E-state index contributed by atoms with van der Waals surface area (Å²) in [6.45, 7) is 15.8. The highest BCUT2D eigenvalue weighted by molar-refractivity contribution is 5.99. The maximum absolute atomic E-state index is 13.7. The minimum atomic E-state index is -4.48. The zero-order valence-corrected chi connectivity index (χ0v) is 30.2. The summed E-state index contributed by atoms with van der Waals surface area (Å²) < 4.78 is 40.4. The summed E-state index contributed by atoms with van der Waals surface area (Å²) in [6, 6.07) is 3.07. The fourth-order valence-corrected chi connectivity index (χ4v) is 5.12. The number of hydrogen-bond acceptors (Lipinski definition) is 10. The van der Waals surface area contributed by atoms with Crippen LogP contribution < -0.4 is 16.2 Å². The number of amides is 2. The molecule has 1 aliphatic heterocycles. The second-order valence-electron chi connectivity index (χ2n) is 11.9. The Morgan fingerprint density at radius 2 is 1.78 bits per heavy atom. The SMILES string of the molecule is C=NN(CC(=O)Nc1ccc(C(F)(F)F)cc1C)C(=O)/C(=C(/CC)NNCC1CCC1)N1CCN(C)CC1.CC.Cc1c(O)c(C=O)nn1C. The molecule has 0 radical (unpaired) electrons. The van der Waals surface area contributed by atoms with Crippen molar-refractivity contribution in [3.63, 3.8) is 0 Å². The lowest BCUT2D eigenvalue weighted by atomic mass is 9.86. The molecule has 0 unspecified atom stereocenters. The van der Waals surface area contributed by atoms with Crippen LogP contribution in [0.25, 0.3) is 0 Å². The summed E-state index contributed by atoms with van der Waals surface area (Å²) in [5, 5.41) is 20.2. The molecular formula is C34H52F3N9O4. The van der Waals surface area contributed by atoms with E-state index in [0.29, 0.717) is 48.8 Å². The topological polar surface area (TPSA) is 147 Å². The number of rotatable bonds is 12. The molecule has 0 spiro atoms. The Bertz CT molecular complexity index is 1480. The maximum atomic E-state index is 13.7. The number of anilines is 1. The van der Waals surface area contributed by atoms with Crippen molar-refractivity contribution < 1.29 is 32.7 Å². The number of alkyl halides is 3. The highest BCUT2D eigenvalue weighted by Gasteiger charge is 2.32. The number of hydrazone groups is 1. The molecule has 2 heterocycles. The number of benzene rings is 1. The Kier molecular flexibility index (Phi) is 16.4. The maximum Gasteiger partial charge on any atom is 0.416 e. The molecule has 2 aromatic rings. The Balaban J connectivity index is 0.000000613. The number of carbonyl (C=O) groups excluding carboxylic acids is 3. The Morgan fingerprint density at radius 3 is 2.22 bits per heavy atom. The number of likely N-dealkylation sites (N-methyl/N-ethyl adjacent to an activating group) is 1. The number of aromatic hydroxyl groups is 1. The molecule has 50 heavy (non-hydrogen) atoms. The number of aryl methyl sites for hydroxylation is 2. The third-order valence-corrected chi connectivity index (χ3v) is 8.48. The molecule has 2 fully saturated rings. The largest absolute Gasteiger partial charge is 0.504 e. The molecule has 1 aromatic heterocycles. The molecule has 1 saturated carbocycles. The van der Waals surface area contributed by atoms with E-state index >= 15 is 0 Å². The van der Waals surface area contributed by atoms with Gasteiger partial charge < -0.3 is 25.6 Å². The molecule has 13 nitrogen and oxygen atoms in total. The van der Waals surface area contributed by atoms with Gasteiger partial charge >= 0.3 is 6.18 Å². The van der Waals surface area contributed by atoms with E-state index < -0.39 is 30.1 Å². The van der Waals surface area contributed by atoms with E-state index in [0.717, 1.165) is 36.8 Å². The second kappa shape index (κ2) is 19.7.